The molecule has 1 amide bonds. The zero-order valence-electron chi connectivity index (χ0n) is 10.1. The van der Waals surface area contributed by atoms with E-state index in [1.54, 1.807) is 12.1 Å². The summed E-state index contributed by atoms with van der Waals surface area (Å²) in [5.41, 5.74) is 6.53. The Kier molecular flexibility index (Phi) is 3.61. The predicted molar refractivity (Wildman–Crippen MR) is 67.5 cm³/mol. The van der Waals surface area contributed by atoms with Crippen LogP contribution in [0.15, 0.2) is 18.3 Å². The van der Waals surface area contributed by atoms with Crippen LogP contribution in [0.2, 0.25) is 0 Å². The van der Waals surface area contributed by atoms with Crippen LogP contribution in [0.1, 0.15) is 36.7 Å². The molecule has 2 unspecified atom stereocenters. The Balaban J connectivity index is 1.87. The Morgan fingerprint density at radius 2 is 2.35 bits per heavy atom. The van der Waals surface area contributed by atoms with Crippen molar-refractivity contribution in [3.05, 3.63) is 24.0 Å². The third-order valence-corrected chi connectivity index (χ3v) is 3.58. The van der Waals surface area contributed by atoms with Crippen LogP contribution in [0.5, 0.6) is 0 Å². The molecular formula is C13H19N3O. The molecule has 4 nitrogen and oxygen atoms in total. The van der Waals surface area contributed by atoms with Crippen molar-refractivity contribution in [2.75, 3.05) is 12.3 Å². The summed E-state index contributed by atoms with van der Waals surface area (Å²) in [7, 11) is 0. The molecule has 17 heavy (non-hydrogen) atoms. The fourth-order valence-electron chi connectivity index (χ4n) is 2.38. The van der Waals surface area contributed by atoms with Crippen LogP contribution >= 0.6 is 0 Å². The average Bonchev–Trinajstić information content (AvgIpc) is 2.73. The van der Waals surface area contributed by atoms with Crippen LogP contribution in [-0.4, -0.2) is 17.4 Å². The SMILES string of the molecule is CC1CCCC1CNC(=O)c1ccc(N)cn1. The molecule has 1 fully saturated rings. The van der Waals surface area contributed by atoms with E-state index in [4.69, 9.17) is 5.73 Å². The van der Waals surface area contributed by atoms with Crippen molar-refractivity contribution in [3.63, 3.8) is 0 Å². The van der Waals surface area contributed by atoms with Gasteiger partial charge >= 0.3 is 0 Å². The summed E-state index contributed by atoms with van der Waals surface area (Å²) in [5, 5.41) is 2.95. The molecule has 0 spiro atoms. The topological polar surface area (TPSA) is 68.0 Å². The number of nitrogens with one attached hydrogen (secondary N) is 1. The Labute approximate surface area is 102 Å². The van der Waals surface area contributed by atoms with Gasteiger partial charge in [-0.25, -0.2) is 4.98 Å². The highest BCUT2D eigenvalue weighted by Gasteiger charge is 2.23. The lowest BCUT2D eigenvalue weighted by Gasteiger charge is -2.15. The highest BCUT2D eigenvalue weighted by Crippen LogP contribution is 2.30. The summed E-state index contributed by atoms with van der Waals surface area (Å²) in [6.45, 7) is 3.01. The second kappa shape index (κ2) is 5.17. The van der Waals surface area contributed by atoms with Crippen LogP contribution < -0.4 is 11.1 Å². The quantitative estimate of drug-likeness (QED) is 0.837. The molecule has 3 N–H and O–H groups in total. The molecular weight excluding hydrogens is 214 g/mol. The lowest BCUT2D eigenvalue weighted by molar-refractivity contribution is 0.0939. The molecule has 1 aliphatic carbocycles. The number of anilines is 1. The van der Waals surface area contributed by atoms with E-state index >= 15 is 0 Å². The number of nitrogen functional groups attached to an aromatic ring is 1. The molecule has 1 aliphatic rings. The average molecular weight is 233 g/mol. The fraction of sp³-hybridized carbons (Fsp3) is 0.538. The van der Waals surface area contributed by atoms with Crippen molar-refractivity contribution < 1.29 is 4.79 Å². The van der Waals surface area contributed by atoms with Gasteiger partial charge in [-0.15, -0.1) is 0 Å². The van der Waals surface area contributed by atoms with Crippen molar-refractivity contribution in [1.29, 1.82) is 0 Å². The van der Waals surface area contributed by atoms with Crippen molar-refractivity contribution in [3.8, 4) is 0 Å². The van der Waals surface area contributed by atoms with E-state index in [0.717, 1.165) is 12.5 Å². The van der Waals surface area contributed by atoms with Gasteiger partial charge in [0, 0.05) is 6.54 Å². The number of amides is 1. The molecule has 2 rings (SSSR count). The monoisotopic (exact) mass is 233 g/mol. The third kappa shape index (κ3) is 2.96. The van der Waals surface area contributed by atoms with Gasteiger partial charge in [0.2, 0.25) is 0 Å². The highest BCUT2D eigenvalue weighted by atomic mass is 16.1. The molecule has 0 aromatic carbocycles. The second-order valence-electron chi connectivity index (χ2n) is 4.86. The summed E-state index contributed by atoms with van der Waals surface area (Å²) in [6.07, 6.45) is 5.28. The number of hydrogen-bond acceptors (Lipinski definition) is 3. The first kappa shape index (κ1) is 11.9. The fourth-order valence-corrected chi connectivity index (χ4v) is 2.38. The largest absolute Gasteiger partial charge is 0.397 e. The smallest absolute Gasteiger partial charge is 0.269 e. The highest BCUT2D eigenvalue weighted by molar-refractivity contribution is 5.92. The van der Waals surface area contributed by atoms with Gasteiger partial charge < -0.3 is 11.1 Å². The van der Waals surface area contributed by atoms with E-state index in [9.17, 15) is 4.79 Å². The normalized spacial score (nSPS) is 23.6. The van der Waals surface area contributed by atoms with Crippen LogP contribution in [0.3, 0.4) is 0 Å². The van der Waals surface area contributed by atoms with Gasteiger partial charge in [0.05, 0.1) is 11.9 Å². The number of hydrogen-bond donors (Lipinski definition) is 2. The van der Waals surface area contributed by atoms with Gasteiger partial charge in [-0.1, -0.05) is 19.8 Å². The summed E-state index contributed by atoms with van der Waals surface area (Å²) in [6, 6.07) is 3.35. The second-order valence-corrected chi connectivity index (χ2v) is 4.86. The number of nitrogens with two attached hydrogens (primary N) is 1. The zero-order valence-corrected chi connectivity index (χ0v) is 10.1. The molecule has 0 saturated heterocycles. The van der Waals surface area contributed by atoms with Crippen LogP contribution in [-0.2, 0) is 0 Å². The molecule has 92 valence electrons. The van der Waals surface area contributed by atoms with E-state index < -0.39 is 0 Å². The van der Waals surface area contributed by atoms with Gasteiger partial charge in [0.15, 0.2) is 0 Å². The Hall–Kier alpha value is -1.58. The van der Waals surface area contributed by atoms with E-state index in [-0.39, 0.29) is 5.91 Å². The van der Waals surface area contributed by atoms with E-state index in [1.165, 1.54) is 25.5 Å². The lowest BCUT2D eigenvalue weighted by Crippen LogP contribution is -2.30. The number of pyridine rings is 1. The number of nitrogens with zero attached hydrogens (tertiary/aromatic N) is 1. The summed E-state index contributed by atoms with van der Waals surface area (Å²) in [5.74, 6) is 1.23. The summed E-state index contributed by atoms with van der Waals surface area (Å²) in [4.78, 5) is 15.8. The predicted octanol–water partition coefficient (Wildman–Crippen LogP) is 1.83. The van der Waals surface area contributed by atoms with E-state index in [0.29, 0.717) is 17.3 Å². The number of rotatable bonds is 3. The minimum atomic E-state index is -0.107. The van der Waals surface area contributed by atoms with Crippen molar-refractivity contribution in [2.45, 2.75) is 26.2 Å². The minimum absolute atomic E-state index is 0.107. The molecule has 4 heteroatoms. The van der Waals surface area contributed by atoms with Crippen LogP contribution in [0.4, 0.5) is 5.69 Å². The van der Waals surface area contributed by atoms with E-state index in [1.807, 2.05) is 0 Å². The van der Waals surface area contributed by atoms with Gasteiger partial charge in [0.1, 0.15) is 5.69 Å². The van der Waals surface area contributed by atoms with Gasteiger partial charge in [-0.2, -0.15) is 0 Å². The maximum absolute atomic E-state index is 11.8. The number of carbonyl (C=O) groups is 1. The van der Waals surface area contributed by atoms with Crippen molar-refractivity contribution >= 4 is 11.6 Å². The number of aromatic nitrogens is 1. The first-order chi connectivity index (χ1) is 8.16. The molecule has 1 saturated carbocycles. The molecule has 2 atom stereocenters. The molecule has 1 aromatic heterocycles. The Morgan fingerprint density at radius 1 is 1.53 bits per heavy atom. The maximum Gasteiger partial charge on any atom is 0.269 e. The minimum Gasteiger partial charge on any atom is -0.397 e. The Morgan fingerprint density at radius 3 is 2.94 bits per heavy atom. The lowest BCUT2D eigenvalue weighted by atomic mass is 9.98. The molecule has 1 aromatic rings. The molecule has 0 bridgehead atoms. The van der Waals surface area contributed by atoms with Crippen molar-refractivity contribution in [1.82, 2.24) is 10.3 Å². The summed E-state index contributed by atoms with van der Waals surface area (Å²) < 4.78 is 0. The standard InChI is InChI=1S/C13H19N3O/c1-9-3-2-4-10(9)7-16-13(17)12-6-5-11(14)8-15-12/h5-6,8-10H,2-4,7,14H2,1H3,(H,16,17). The van der Waals surface area contributed by atoms with Gasteiger partial charge in [0.25, 0.3) is 5.91 Å². The molecule has 1 heterocycles. The maximum atomic E-state index is 11.8. The van der Waals surface area contributed by atoms with Gasteiger partial charge in [-0.3, -0.25) is 4.79 Å². The first-order valence-corrected chi connectivity index (χ1v) is 6.16. The van der Waals surface area contributed by atoms with Crippen LogP contribution in [0, 0.1) is 11.8 Å². The zero-order chi connectivity index (χ0) is 12.3. The van der Waals surface area contributed by atoms with E-state index in [2.05, 4.69) is 17.2 Å². The van der Waals surface area contributed by atoms with Gasteiger partial charge in [-0.05, 0) is 30.4 Å². The summed E-state index contributed by atoms with van der Waals surface area (Å²) >= 11 is 0. The van der Waals surface area contributed by atoms with Crippen LogP contribution in [0.25, 0.3) is 0 Å². The molecule has 0 radical (unpaired) electrons. The Bertz CT molecular complexity index is 388. The first-order valence-electron chi connectivity index (χ1n) is 6.16. The molecule has 0 aliphatic heterocycles. The van der Waals surface area contributed by atoms with Crippen molar-refractivity contribution in [2.24, 2.45) is 11.8 Å². The third-order valence-electron chi connectivity index (χ3n) is 3.58. The number of carbonyl (C=O) groups excluding carboxylic acids is 1.